The van der Waals surface area contributed by atoms with Crippen molar-refractivity contribution < 1.29 is 4.42 Å². The lowest BCUT2D eigenvalue weighted by molar-refractivity contribution is 0.555. The summed E-state index contributed by atoms with van der Waals surface area (Å²) in [6, 6.07) is 14.6. The summed E-state index contributed by atoms with van der Waals surface area (Å²) in [5, 5.41) is 0. The Labute approximate surface area is 116 Å². The second kappa shape index (κ2) is 4.27. The molecule has 20 heavy (non-hydrogen) atoms. The number of aromatic nitrogens is 1. The lowest BCUT2D eigenvalue weighted by atomic mass is 9.98. The van der Waals surface area contributed by atoms with E-state index in [1.165, 1.54) is 11.1 Å². The van der Waals surface area contributed by atoms with Crippen molar-refractivity contribution >= 4 is 22.8 Å². The molecular weight excluding hydrogens is 250 g/mol. The maximum atomic E-state index is 6.03. The molecule has 0 saturated carbocycles. The quantitative estimate of drug-likeness (QED) is 0.687. The Bertz CT molecular complexity index is 745. The zero-order valence-electron chi connectivity index (χ0n) is 11.0. The van der Waals surface area contributed by atoms with Gasteiger partial charge in [-0.05, 0) is 35.7 Å². The van der Waals surface area contributed by atoms with Gasteiger partial charge in [0.05, 0.1) is 0 Å². The van der Waals surface area contributed by atoms with E-state index >= 15 is 0 Å². The SMILES string of the molecule is Nc1cccc2c1CCN(c1nc3ccccc3o1)C2. The average molecular weight is 265 g/mol. The highest BCUT2D eigenvalue weighted by molar-refractivity contribution is 5.74. The molecule has 0 aliphatic carbocycles. The molecule has 0 spiro atoms. The van der Waals surface area contributed by atoms with Crippen molar-refractivity contribution in [3.05, 3.63) is 53.6 Å². The fourth-order valence-corrected chi connectivity index (χ4v) is 2.80. The molecule has 0 radical (unpaired) electrons. The molecule has 0 bridgehead atoms. The number of nitrogens with zero attached hydrogens (tertiary/aromatic N) is 2. The van der Waals surface area contributed by atoms with Gasteiger partial charge >= 0.3 is 0 Å². The van der Waals surface area contributed by atoms with Crippen molar-refractivity contribution in [2.24, 2.45) is 0 Å². The van der Waals surface area contributed by atoms with Crippen molar-refractivity contribution in [1.82, 2.24) is 4.98 Å². The Morgan fingerprint density at radius 3 is 2.90 bits per heavy atom. The molecule has 2 aromatic carbocycles. The van der Waals surface area contributed by atoms with Crippen LogP contribution in [0.3, 0.4) is 0 Å². The maximum Gasteiger partial charge on any atom is 0.298 e. The predicted molar refractivity (Wildman–Crippen MR) is 79.6 cm³/mol. The summed E-state index contributed by atoms with van der Waals surface area (Å²) in [5.74, 6) is 0. The topological polar surface area (TPSA) is 55.3 Å². The van der Waals surface area contributed by atoms with E-state index in [-0.39, 0.29) is 0 Å². The molecule has 2 N–H and O–H groups in total. The number of hydrogen-bond acceptors (Lipinski definition) is 4. The van der Waals surface area contributed by atoms with Crippen LogP contribution in [0.5, 0.6) is 0 Å². The molecule has 3 aromatic rings. The normalized spacial score (nSPS) is 14.5. The summed E-state index contributed by atoms with van der Waals surface area (Å²) >= 11 is 0. The standard InChI is InChI=1S/C16H15N3O/c17-13-5-3-4-11-10-19(9-8-12(11)13)16-18-14-6-1-2-7-15(14)20-16/h1-7H,8-10,17H2. The second-order valence-electron chi connectivity index (χ2n) is 5.12. The largest absolute Gasteiger partial charge is 0.423 e. The van der Waals surface area contributed by atoms with Crippen LogP contribution < -0.4 is 10.6 Å². The molecule has 2 heterocycles. The van der Waals surface area contributed by atoms with E-state index in [0.29, 0.717) is 6.01 Å². The number of nitrogen functional groups attached to an aromatic ring is 1. The third-order valence-corrected chi connectivity index (χ3v) is 3.86. The average Bonchev–Trinajstić information content (AvgIpc) is 2.91. The number of fused-ring (bicyclic) bond motifs is 2. The van der Waals surface area contributed by atoms with Crippen LogP contribution in [0, 0.1) is 0 Å². The summed E-state index contributed by atoms with van der Waals surface area (Å²) in [7, 11) is 0. The van der Waals surface area contributed by atoms with Gasteiger partial charge in [-0.25, -0.2) is 0 Å². The highest BCUT2D eigenvalue weighted by atomic mass is 16.4. The smallest absolute Gasteiger partial charge is 0.298 e. The number of benzene rings is 2. The lowest BCUT2D eigenvalue weighted by Gasteiger charge is -2.28. The van der Waals surface area contributed by atoms with Crippen LogP contribution >= 0.6 is 0 Å². The van der Waals surface area contributed by atoms with E-state index in [0.717, 1.165) is 36.3 Å². The number of anilines is 2. The summed E-state index contributed by atoms with van der Waals surface area (Å²) < 4.78 is 5.84. The van der Waals surface area contributed by atoms with Crippen LogP contribution in [-0.4, -0.2) is 11.5 Å². The van der Waals surface area contributed by atoms with Gasteiger partial charge in [-0.3, -0.25) is 0 Å². The van der Waals surface area contributed by atoms with Gasteiger partial charge in [0.1, 0.15) is 5.52 Å². The number of hydrogen-bond donors (Lipinski definition) is 1. The zero-order chi connectivity index (χ0) is 13.5. The molecule has 0 unspecified atom stereocenters. The Morgan fingerprint density at radius 2 is 2.00 bits per heavy atom. The predicted octanol–water partition coefficient (Wildman–Crippen LogP) is 2.97. The van der Waals surface area contributed by atoms with Crippen molar-refractivity contribution in [3.63, 3.8) is 0 Å². The molecule has 0 saturated heterocycles. The minimum Gasteiger partial charge on any atom is -0.423 e. The van der Waals surface area contributed by atoms with Gasteiger partial charge in [0.25, 0.3) is 6.01 Å². The first-order valence-corrected chi connectivity index (χ1v) is 6.78. The Balaban J connectivity index is 1.71. The summed E-state index contributed by atoms with van der Waals surface area (Å²) in [5.41, 5.74) is 11.2. The number of nitrogens with two attached hydrogens (primary N) is 1. The van der Waals surface area contributed by atoms with Gasteiger partial charge in [-0.2, -0.15) is 4.98 Å². The first kappa shape index (κ1) is 11.3. The van der Waals surface area contributed by atoms with Crippen molar-refractivity contribution in [2.75, 3.05) is 17.2 Å². The fraction of sp³-hybridized carbons (Fsp3) is 0.188. The summed E-state index contributed by atoms with van der Waals surface area (Å²) in [4.78, 5) is 6.73. The van der Waals surface area contributed by atoms with E-state index in [1.807, 2.05) is 36.4 Å². The first-order chi connectivity index (χ1) is 9.81. The van der Waals surface area contributed by atoms with Crippen LogP contribution in [0.2, 0.25) is 0 Å². The van der Waals surface area contributed by atoms with Gasteiger partial charge in [0.15, 0.2) is 5.58 Å². The van der Waals surface area contributed by atoms with E-state index in [2.05, 4.69) is 16.0 Å². The molecule has 4 rings (SSSR count). The minimum atomic E-state index is 0.694. The zero-order valence-corrected chi connectivity index (χ0v) is 11.0. The van der Waals surface area contributed by atoms with Crippen molar-refractivity contribution in [1.29, 1.82) is 0 Å². The molecule has 1 aliphatic rings. The molecule has 0 atom stereocenters. The molecular formula is C16H15N3O. The Hall–Kier alpha value is -2.49. The van der Waals surface area contributed by atoms with E-state index in [1.54, 1.807) is 0 Å². The van der Waals surface area contributed by atoms with E-state index < -0.39 is 0 Å². The van der Waals surface area contributed by atoms with Crippen molar-refractivity contribution in [2.45, 2.75) is 13.0 Å². The Kier molecular flexibility index (Phi) is 2.42. The Morgan fingerprint density at radius 1 is 1.10 bits per heavy atom. The van der Waals surface area contributed by atoms with Gasteiger partial charge in [-0.1, -0.05) is 24.3 Å². The molecule has 1 aliphatic heterocycles. The third-order valence-electron chi connectivity index (χ3n) is 3.86. The lowest BCUT2D eigenvalue weighted by Crippen LogP contribution is -2.31. The highest BCUT2D eigenvalue weighted by Crippen LogP contribution is 2.29. The molecule has 0 amide bonds. The van der Waals surface area contributed by atoms with Gasteiger partial charge < -0.3 is 15.1 Å². The van der Waals surface area contributed by atoms with Crippen LogP contribution in [0.4, 0.5) is 11.7 Å². The second-order valence-corrected chi connectivity index (χ2v) is 5.12. The van der Waals surface area contributed by atoms with Crippen LogP contribution in [0.25, 0.3) is 11.1 Å². The van der Waals surface area contributed by atoms with E-state index in [9.17, 15) is 0 Å². The molecule has 4 heteroatoms. The third kappa shape index (κ3) is 1.72. The number of rotatable bonds is 1. The molecule has 100 valence electrons. The van der Waals surface area contributed by atoms with Crippen molar-refractivity contribution in [3.8, 4) is 0 Å². The number of para-hydroxylation sites is 2. The summed E-state index contributed by atoms with van der Waals surface area (Å²) in [6.45, 7) is 1.68. The monoisotopic (exact) mass is 265 g/mol. The fourth-order valence-electron chi connectivity index (χ4n) is 2.80. The summed E-state index contributed by atoms with van der Waals surface area (Å²) in [6.07, 6.45) is 0.931. The van der Waals surface area contributed by atoms with Gasteiger partial charge in [0.2, 0.25) is 0 Å². The highest BCUT2D eigenvalue weighted by Gasteiger charge is 2.21. The molecule has 0 fully saturated rings. The maximum absolute atomic E-state index is 6.03. The first-order valence-electron chi connectivity index (χ1n) is 6.78. The van der Waals surface area contributed by atoms with E-state index in [4.69, 9.17) is 10.2 Å². The molecule has 1 aromatic heterocycles. The number of oxazole rings is 1. The minimum absolute atomic E-state index is 0.694. The van der Waals surface area contributed by atoms with Gasteiger partial charge in [-0.15, -0.1) is 0 Å². The van der Waals surface area contributed by atoms with Crippen LogP contribution in [-0.2, 0) is 13.0 Å². The van der Waals surface area contributed by atoms with Crippen LogP contribution in [0.15, 0.2) is 46.9 Å². The van der Waals surface area contributed by atoms with Gasteiger partial charge in [0, 0.05) is 18.8 Å². The van der Waals surface area contributed by atoms with Crippen LogP contribution in [0.1, 0.15) is 11.1 Å². The molecule has 4 nitrogen and oxygen atoms in total.